The second-order valence-corrected chi connectivity index (χ2v) is 4.61. The minimum atomic E-state index is -0.384. The van der Waals surface area contributed by atoms with E-state index in [2.05, 4.69) is 5.32 Å². The van der Waals surface area contributed by atoms with Crippen molar-refractivity contribution in [3.05, 3.63) is 64.4 Å². The molecule has 19 heavy (non-hydrogen) atoms. The molecule has 0 aliphatic carbocycles. The van der Waals surface area contributed by atoms with E-state index >= 15 is 0 Å². The van der Waals surface area contributed by atoms with E-state index < -0.39 is 0 Å². The second kappa shape index (κ2) is 6.55. The van der Waals surface area contributed by atoms with Gasteiger partial charge in [0.25, 0.3) is 0 Å². The first-order valence-corrected chi connectivity index (χ1v) is 6.34. The van der Waals surface area contributed by atoms with Gasteiger partial charge in [-0.2, -0.15) is 0 Å². The van der Waals surface area contributed by atoms with Crippen molar-refractivity contribution in [1.29, 1.82) is 0 Å². The van der Waals surface area contributed by atoms with Gasteiger partial charge in [-0.3, -0.25) is 0 Å². The third-order valence-electron chi connectivity index (χ3n) is 2.80. The van der Waals surface area contributed by atoms with E-state index in [0.717, 1.165) is 16.9 Å². The number of benzene rings is 2. The maximum absolute atomic E-state index is 13.2. The predicted molar refractivity (Wildman–Crippen MR) is 74.9 cm³/mol. The van der Waals surface area contributed by atoms with Crippen LogP contribution >= 0.6 is 11.6 Å². The predicted octanol–water partition coefficient (Wildman–Crippen LogP) is 3.78. The zero-order valence-electron chi connectivity index (χ0n) is 10.6. The lowest BCUT2D eigenvalue weighted by molar-refractivity contribution is 0.414. The second-order valence-electron chi connectivity index (χ2n) is 4.20. The topological polar surface area (TPSA) is 21.3 Å². The number of ether oxygens (including phenoxy) is 1. The molecule has 0 aliphatic heterocycles. The van der Waals surface area contributed by atoms with Crippen LogP contribution in [-0.2, 0) is 13.1 Å². The summed E-state index contributed by atoms with van der Waals surface area (Å²) >= 11 is 5.63. The van der Waals surface area contributed by atoms with Crippen LogP contribution in [0.5, 0.6) is 5.75 Å². The lowest BCUT2D eigenvalue weighted by Crippen LogP contribution is -2.12. The van der Waals surface area contributed by atoms with Crippen LogP contribution in [0.2, 0.25) is 5.02 Å². The Labute approximate surface area is 117 Å². The van der Waals surface area contributed by atoms with Crippen LogP contribution in [-0.4, -0.2) is 7.11 Å². The van der Waals surface area contributed by atoms with Crippen molar-refractivity contribution in [2.24, 2.45) is 0 Å². The van der Waals surface area contributed by atoms with Crippen molar-refractivity contribution in [2.45, 2.75) is 13.1 Å². The highest BCUT2D eigenvalue weighted by molar-refractivity contribution is 6.30. The highest BCUT2D eigenvalue weighted by atomic mass is 35.5. The summed E-state index contributed by atoms with van der Waals surface area (Å²) in [6.45, 7) is 1.31. The fourth-order valence-corrected chi connectivity index (χ4v) is 1.86. The monoisotopic (exact) mass is 279 g/mol. The van der Waals surface area contributed by atoms with Crippen LogP contribution in [0.25, 0.3) is 0 Å². The molecular formula is C15H15ClFNO. The van der Waals surface area contributed by atoms with Gasteiger partial charge in [-0.05, 0) is 35.4 Å². The van der Waals surface area contributed by atoms with Crippen molar-refractivity contribution in [2.75, 3.05) is 7.11 Å². The average Bonchev–Trinajstić information content (AvgIpc) is 2.43. The SMILES string of the molecule is COc1ccc(CNCc2ccc(Cl)c(F)c2)cc1. The summed E-state index contributed by atoms with van der Waals surface area (Å²) in [6, 6.07) is 12.7. The maximum Gasteiger partial charge on any atom is 0.142 e. The van der Waals surface area contributed by atoms with Crippen molar-refractivity contribution >= 4 is 11.6 Å². The smallest absolute Gasteiger partial charge is 0.142 e. The Hall–Kier alpha value is -1.58. The summed E-state index contributed by atoms with van der Waals surface area (Å²) in [5.41, 5.74) is 2.02. The molecule has 0 saturated heterocycles. The van der Waals surface area contributed by atoms with Gasteiger partial charge in [0.1, 0.15) is 11.6 Å². The standard InChI is InChI=1S/C15H15ClFNO/c1-19-13-5-2-11(3-6-13)9-18-10-12-4-7-14(16)15(17)8-12/h2-8,18H,9-10H2,1H3. The third kappa shape index (κ3) is 3.94. The maximum atomic E-state index is 13.2. The molecule has 2 aromatic carbocycles. The molecule has 0 spiro atoms. The first-order valence-electron chi connectivity index (χ1n) is 5.96. The Morgan fingerprint density at radius 1 is 1.05 bits per heavy atom. The quantitative estimate of drug-likeness (QED) is 0.899. The van der Waals surface area contributed by atoms with Crippen LogP contribution < -0.4 is 10.1 Å². The first kappa shape index (κ1) is 13.8. The summed E-state index contributed by atoms with van der Waals surface area (Å²) in [7, 11) is 1.64. The molecule has 0 aromatic heterocycles. The molecule has 0 saturated carbocycles. The Kier molecular flexibility index (Phi) is 4.77. The Morgan fingerprint density at radius 3 is 2.32 bits per heavy atom. The van der Waals surface area contributed by atoms with Gasteiger partial charge in [-0.1, -0.05) is 29.8 Å². The van der Waals surface area contributed by atoms with E-state index in [4.69, 9.17) is 16.3 Å². The Bertz CT molecular complexity index is 542. The number of methoxy groups -OCH3 is 1. The van der Waals surface area contributed by atoms with E-state index in [1.54, 1.807) is 13.2 Å². The van der Waals surface area contributed by atoms with E-state index in [-0.39, 0.29) is 10.8 Å². The van der Waals surface area contributed by atoms with Gasteiger partial charge in [0.05, 0.1) is 12.1 Å². The molecule has 0 aliphatic rings. The van der Waals surface area contributed by atoms with Crippen LogP contribution in [0.4, 0.5) is 4.39 Å². The minimum absolute atomic E-state index is 0.152. The molecule has 0 unspecified atom stereocenters. The summed E-state index contributed by atoms with van der Waals surface area (Å²) < 4.78 is 18.3. The van der Waals surface area contributed by atoms with Gasteiger partial charge < -0.3 is 10.1 Å². The molecular weight excluding hydrogens is 265 g/mol. The highest BCUT2D eigenvalue weighted by Gasteiger charge is 2.01. The van der Waals surface area contributed by atoms with Crippen LogP contribution in [0.3, 0.4) is 0 Å². The molecule has 0 fully saturated rings. The Balaban J connectivity index is 1.86. The summed E-state index contributed by atoms with van der Waals surface area (Å²) in [6.07, 6.45) is 0. The third-order valence-corrected chi connectivity index (χ3v) is 3.11. The van der Waals surface area contributed by atoms with E-state index in [1.807, 2.05) is 30.3 Å². The van der Waals surface area contributed by atoms with Crippen molar-refractivity contribution in [3.8, 4) is 5.75 Å². The average molecular weight is 280 g/mol. The number of halogens is 2. The molecule has 4 heteroatoms. The van der Waals surface area contributed by atoms with E-state index in [9.17, 15) is 4.39 Å². The van der Waals surface area contributed by atoms with Gasteiger partial charge in [-0.15, -0.1) is 0 Å². The summed E-state index contributed by atoms with van der Waals surface area (Å²) in [5.74, 6) is 0.453. The van der Waals surface area contributed by atoms with Gasteiger partial charge in [0.15, 0.2) is 0 Å². The Morgan fingerprint density at radius 2 is 1.68 bits per heavy atom. The van der Waals surface area contributed by atoms with Crippen LogP contribution in [0.1, 0.15) is 11.1 Å². The number of nitrogens with one attached hydrogen (secondary N) is 1. The fraction of sp³-hybridized carbons (Fsp3) is 0.200. The molecule has 0 amide bonds. The van der Waals surface area contributed by atoms with Crippen LogP contribution in [0.15, 0.2) is 42.5 Å². The molecule has 0 heterocycles. The van der Waals surface area contributed by atoms with Crippen LogP contribution in [0, 0.1) is 5.82 Å². The zero-order chi connectivity index (χ0) is 13.7. The van der Waals surface area contributed by atoms with E-state index in [0.29, 0.717) is 13.1 Å². The van der Waals surface area contributed by atoms with Gasteiger partial charge >= 0.3 is 0 Å². The van der Waals surface area contributed by atoms with Crippen molar-refractivity contribution < 1.29 is 9.13 Å². The summed E-state index contributed by atoms with van der Waals surface area (Å²) in [5, 5.41) is 3.40. The molecule has 0 radical (unpaired) electrons. The number of hydrogen-bond donors (Lipinski definition) is 1. The molecule has 0 bridgehead atoms. The molecule has 100 valence electrons. The number of rotatable bonds is 5. The minimum Gasteiger partial charge on any atom is -0.497 e. The summed E-state index contributed by atoms with van der Waals surface area (Å²) in [4.78, 5) is 0. The molecule has 2 nitrogen and oxygen atoms in total. The van der Waals surface area contributed by atoms with E-state index in [1.165, 1.54) is 6.07 Å². The van der Waals surface area contributed by atoms with Gasteiger partial charge in [-0.25, -0.2) is 4.39 Å². The normalized spacial score (nSPS) is 10.5. The van der Waals surface area contributed by atoms with Crippen molar-refractivity contribution in [1.82, 2.24) is 5.32 Å². The molecule has 2 aromatic rings. The molecule has 1 N–H and O–H groups in total. The highest BCUT2D eigenvalue weighted by Crippen LogP contribution is 2.15. The lowest BCUT2D eigenvalue weighted by Gasteiger charge is -2.07. The largest absolute Gasteiger partial charge is 0.497 e. The molecule has 2 rings (SSSR count). The van der Waals surface area contributed by atoms with Crippen molar-refractivity contribution in [3.63, 3.8) is 0 Å². The fourth-order valence-electron chi connectivity index (χ4n) is 1.74. The first-order chi connectivity index (χ1) is 9.19. The number of hydrogen-bond acceptors (Lipinski definition) is 2. The molecule has 0 atom stereocenters. The zero-order valence-corrected chi connectivity index (χ0v) is 11.4. The lowest BCUT2D eigenvalue weighted by atomic mass is 10.2. The van der Waals surface area contributed by atoms with Gasteiger partial charge in [0.2, 0.25) is 0 Å². The van der Waals surface area contributed by atoms with Gasteiger partial charge in [0, 0.05) is 13.1 Å².